The normalized spacial score (nSPS) is 18.2. The van der Waals surface area contributed by atoms with Gasteiger partial charge in [0.2, 0.25) is 0 Å². The van der Waals surface area contributed by atoms with Crippen LogP contribution in [-0.2, 0) is 0 Å². The molecule has 1 aliphatic rings. The average Bonchev–Trinajstić information content (AvgIpc) is 3.16. The maximum absolute atomic E-state index is 14.4. The molecule has 0 radical (unpaired) electrons. The van der Waals surface area contributed by atoms with Gasteiger partial charge in [-0.05, 0) is 36.8 Å². The number of nitro benzene ring substituents is 1. The van der Waals surface area contributed by atoms with Gasteiger partial charge in [0, 0.05) is 29.3 Å². The highest BCUT2D eigenvalue weighted by Crippen LogP contribution is 2.41. The molecule has 0 bridgehead atoms. The van der Waals surface area contributed by atoms with E-state index in [4.69, 9.17) is 0 Å². The van der Waals surface area contributed by atoms with Crippen molar-refractivity contribution in [3.63, 3.8) is 0 Å². The van der Waals surface area contributed by atoms with E-state index in [0.29, 0.717) is 5.56 Å². The molecule has 1 saturated heterocycles. The molecule has 158 valence electrons. The number of hydrogen-bond donors (Lipinski definition) is 1. The fourth-order valence-electron chi connectivity index (χ4n) is 3.95. The van der Waals surface area contributed by atoms with Gasteiger partial charge in [-0.15, -0.1) is 0 Å². The molecule has 1 heterocycles. The summed E-state index contributed by atoms with van der Waals surface area (Å²) in [6, 6.07) is 14.6. The summed E-state index contributed by atoms with van der Waals surface area (Å²) in [6.07, 6.45) is -0.791. The Morgan fingerprint density at radius 1 is 1.03 bits per heavy atom. The molecule has 0 aromatic heterocycles. The van der Waals surface area contributed by atoms with Gasteiger partial charge in [-0.2, -0.15) is 0 Å². The second kappa shape index (κ2) is 8.23. The van der Waals surface area contributed by atoms with Crippen molar-refractivity contribution in [2.45, 2.75) is 18.6 Å². The first-order valence-corrected chi connectivity index (χ1v) is 9.63. The Hall–Kier alpha value is -3.65. The van der Waals surface area contributed by atoms with Crippen molar-refractivity contribution in [1.29, 1.82) is 0 Å². The van der Waals surface area contributed by atoms with Crippen LogP contribution in [0.3, 0.4) is 0 Å². The van der Waals surface area contributed by atoms with E-state index in [1.165, 1.54) is 23.1 Å². The van der Waals surface area contributed by atoms with E-state index in [1.54, 1.807) is 30.3 Å². The summed E-state index contributed by atoms with van der Waals surface area (Å²) < 4.78 is 28.1. The second-order valence-corrected chi connectivity index (χ2v) is 7.38. The molecule has 8 heteroatoms. The minimum absolute atomic E-state index is 0.00738. The Morgan fingerprint density at radius 3 is 2.48 bits per heavy atom. The van der Waals surface area contributed by atoms with E-state index in [-0.39, 0.29) is 41.3 Å². The summed E-state index contributed by atoms with van der Waals surface area (Å²) in [5, 5.41) is 22.0. The van der Waals surface area contributed by atoms with E-state index < -0.39 is 28.7 Å². The Bertz CT molecular complexity index is 1150. The molecular formula is C23H18F2N2O4. The molecule has 1 aliphatic heterocycles. The van der Waals surface area contributed by atoms with Gasteiger partial charge in [-0.1, -0.05) is 30.3 Å². The van der Waals surface area contributed by atoms with E-state index in [0.717, 1.165) is 18.2 Å². The molecule has 1 N–H and O–H groups in total. The van der Waals surface area contributed by atoms with Gasteiger partial charge in [0.1, 0.15) is 17.3 Å². The Morgan fingerprint density at radius 2 is 1.77 bits per heavy atom. The maximum Gasteiger partial charge on any atom is 0.293 e. The zero-order valence-corrected chi connectivity index (χ0v) is 16.2. The lowest BCUT2D eigenvalue weighted by molar-refractivity contribution is -0.384. The molecular weight excluding hydrogens is 406 g/mol. The second-order valence-electron chi connectivity index (χ2n) is 7.38. The third-order valence-electron chi connectivity index (χ3n) is 5.38. The van der Waals surface area contributed by atoms with Crippen LogP contribution < -0.4 is 4.90 Å². The lowest BCUT2D eigenvalue weighted by Crippen LogP contribution is -2.26. The minimum atomic E-state index is -0.877. The van der Waals surface area contributed by atoms with Crippen LogP contribution in [-0.4, -0.2) is 28.5 Å². The Balaban J connectivity index is 1.76. The van der Waals surface area contributed by atoms with Crippen molar-refractivity contribution in [2.75, 3.05) is 11.4 Å². The van der Waals surface area contributed by atoms with Gasteiger partial charge in [-0.25, -0.2) is 8.78 Å². The van der Waals surface area contributed by atoms with Gasteiger partial charge < -0.3 is 10.0 Å². The summed E-state index contributed by atoms with van der Waals surface area (Å²) in [4.78, 5) is 25.4. The number of aliphatic hydroxyl groups excluding tert-OH is 1. The topological polar surface area (TPSA) is 83.7 Å². The molecule has 0 amide bonds. The number of ketones is 1. The van der Waals surface area contributed by atoms with E-state index in [2.05, 4.69) is 0 Å². The molecule has 4 rings (SSSR count). The maximum atomic E-state index is 14.4. The van der Waals surface area contributed by atoms with Crippen LogP contribution >= 0.6 is 0 Å². The first-order chi connectivity index (χ1) is 14.8. The predicted molar refractivity (Wildman–Crippen MR) is 110 cm³/mol. The number of aliphatic hydroxyl groups is 1. The number of β-amino-alcohol motifs (C(OH)–C–C–N with tert-alkyl or cyclic N) is 1. The van der Waals surface area contributed by atoms with Crippen LogP contribution in [0.15, 0.2) is 66.7 Å². The van der Waals surface area contributed by atoms with Crippen molar-refractivity contribution < 1.29 is 23.6 Å². The summed E-state index contributed by atoms with van der Waals surface area (Å²) in [6.45, 7) is 0.00738. The molecule has 0 aliphatic carbocycles. The zero-order chi connectivity index (χ0) is 22.1. The SMILES string of the molecule is O=C(c1ccccc1)c1ccc(N2CC(O)CC2c2cc(F)ccc2F)c([N+](=O)[O-])c1. The van der Waals surface area contributed by atoms with Crippen LogP contribution in [0.5, 0.6) is 0 Å². The average molecular weight is 424 g/mol. The van der Waals surface area contributed by atoms with Gasteiger partial charge in [-0.3, -0.25) is 14.9 Å². The molecule has 6 nitrogen and oxygen atoms in total. The van der Waals surface area contributed by atoms with E-state index in [9.17, 15) is 28.8 Å². The molecule has 1 fully saturated rings. The lowest BCUT2D eigenvalue weighted by Gasteiger charge is -2.27. The first kappa shape index (κ1) is 20.6. The molecule has 2 atom stereocenters. The van der Waals surface area contributed by atoms with Gasteiger partial charge in [0.25, 0.3) is 5.69 Å². The minimum Gasteiger partial charge on any atom is -0.391 e. The number of nitro groups is 1. The van der Waals surface area contributed by atoms with Crippen molar-refractivity contribution in [3.05, 3.63) is 105 Å². The van der Waals surface area contributed by atoms with Crippen molar-refractivity contribution in [3.8, 4) is 0 Å². The largest absolute Gasteiger partial charge is 0.391 e. The van der Waals surface area contributed by atoms with Gasteiger partial charge in [0.15, 0.2) is 5.78 Å². The van der Waals surface area contributed by atoms with Gasteiger partial charge >= 0.3 is 0 Å². The molecule has 3 aromatic rings. The molecule has 0 spiro atoms. The van der Waals surface area contributed by atoms with Crippen LogP contribution in [0, 0.1) is 21.7 Å². The van der Waals surface area contributed by atoms with Crippen molar-refractivity contribution in [1.82, 2.24) is 0 Å². The van der Waals surface area contributed by atoms with Crippen LogP contribution in [0.2, 0.25) is 0 Å². The van der Waals surface area contributed by atoms with E-state index >= 15 is 0 Å². The number of benzene rings is 3. The molecule has 31 heavy (non-hydrogen) atoms. The summed E-state index contributed by atoms with van der Waals surface area (Å²) in [7, 11) is 0. The van der Waals surface area contributed by atoms with Gasteiger partial charge in [0.05, 0.1) is 17.1 Å². The van der Waals surface area contributed by atoms with Crippen LogP contribution in [0.1, 0.15) is 33.9 Å². The monoisotopic (exact) mass is 424 g/mol. The number of rotatable bonds is 5. The number of anilines is 1. The zero-order valence-electron chi connectivity index (χ0n) is 16.2. The Labute approximate surface area is 176 Å². The predicted octanol–water partition coefficient (Wildman–Crippen LogP) is 4.42. The Kier molecular flexibility index (Phi) is 5.48. The number of hydrogen-bond acceptors (Lipinski definition) is 5. The van der Waals surface area contributed by atoms with Crippen LogP contribution in [0.4, 0.5) is 20.2 Å². The third-order valence-corrected chi connectivity index (χ3v) is 5.38. The fourth-order valence-corrected chi connectivity index (χ4v) is 3.95. The lowest BCUT2D eigenvalue weighted by atomic mass is 10.0. The number of carbonyl (C=O) groups excluding carboxylic acids is 1. The molecule has 2 unspecified atom stereocenters. The first-order valence-electron chi connectivity index (χ1n) is 9.63. The number of halogens is 2. The van der Waals surface area contributed by atoms with Crippen LogP contribution in [0.25, 0.3) is 0 Å². The molecule has 3 aromatic carbocycles. The smallest absolute Gasteiger partial charge is 0.293 e. The third kappa shape index (κ3) is 4.02. The fraction of sp³-hybridized carbons (Fsp3) is 0.174. The van der Waals surface area contributed by atoms with Crippen molar-refractivity contribution in [2.24, 2.45) is 0 Å². The van der Waals surface area contributed by atoms with E-state index in [1.807, 2.05) is 0 Å². The summed E-state index contributed by atoms with van der Waals surface area (Å²) >= 11 is 0. The highest BCUT2D eigenvalue weighted by atomic mass is 19.1. The quantitative estimate of drug-likeness (QED) is 0.373. The highest BCUT2D eigenvalue weighted by Gasteiger charge is 2.37. The van der Waals surface area contributed by atoms with Crippen molar-refractivity contribution >= 4 is 17.2 Å². The highest BCUT2D eigenvalue weighted by molar-refractivity contribution is 6.09. The molecule has 0 saturated carbocycles. The summed E-state index contributed by atoms with van der Waals surface area (Å²) in [5.74, 6) is -1.68. The summed E-state index contributed by atoms with van der Waals surface area (Å²) in [5.41, 5.74) is 0.309. The number of carbonyl (C=O) groups is 1. The number of nitrogens with zero attached hydrogens (tertiary/aromatic N) is 2. The standard InChI is InChI=1S/C23H18F2N2O4/c24-16-7-8-19(25)18(11-16)21-12-17(28)13-26(21)20-9-6-15(10-22(20)27(30)31)23(29)14-4-2-1-3-5-14/h1-11,17,21,28H,12-13H2.